The summed E-state index contributed by atoms with van der Waals surface area (Å²) in [4.78, 5) is 24.7. The molecule has 0 aromatic heterocycles. The first-order valence-electron chi connectivity index (χ1n) is 11.1. The van der Waals surface area contributed by atoms with Crippen molar-refractivity contribution >= 4 is 27.9 Å². The summed E-state index contributed by atoms with van der Waals surface area (Å²) in [5, 5.41) is 0. The van der Waals surface area contributed by atoms with Gasteiger partial charge < -0.3 is 18.9 Å². The largest absolute Gasteiger partial charge is 0.493 e. The third-order valence-electron chi connectivity index (χ3n) is 5.57. The molecule has 1 heterocycles. The van der Waals surface area contributed by atoms with E-state index in [0.717, 1.165) is 19.3 Å². The number of esters is 1. The van der Waals surface area contributed by atoms with Crippen molar-refractivity contribution in [2.45, 2.75) is 24.2 Å². The molecule has 0 saturated carbocycles. The number of hydrogen-bond acceptors (Lipinski definition) is 8. The van der Waals surface area contributed by atoms with Crippen LogP contribution >= 0.6 is 0 Å². The summed E-state index contributed by atoms with van der Waals surface area (Å²) in [6.07, 6.45) is 5.39. The van der Waals surface area contributed by atoms with E-state index >= 15 is 0 Å². The van der Waals surface area contributed by atoms with Crippen LogP contribution in [0, 0.1) is 0 Å². The number of methoxy groups -OCH3 is 3. The second kappa shape index (κ2) is 11.9. The monoisotopic (exact) mass is 503 g/mol. The molecule has 1 fully saturated rings. The van der Waals surface area contributed by atoms with Crippen LogP contribution in [0.1, 0.15) is 35.2 Å². The van der Waals surface area contributed by atoms with Crippen molar-refractivity contribution < 1.29 is 37.0 Å². The second-order valence-corrected chi connectivity index (χ2v) is 9.75. The predicted octanol–water partition coefficient (Wildman–Crippen LogP) is 3.33. The molecule has 3 rings (SSSR count). The number of ketones is 1. The van der Waals surface area contributed by atoms with E-state index in [9.17, 15) is 18.0 Å². The summed E-state index contributed by atoms with van der Waals surface area (Å²) in [5.41, 5.74) is 0.859. The smallest absolute Gasteiger partial charge is 0.331 e. The van der Waals surface area contributed by atoms with E-state index in [1.165, 1.54) is 62.1 Å². The Morgan fingerprint density at radius 3 is 2.06 bits per heavy atom. The SMILES string of the molecule is COc1cc(/C=C/C(=O)OCC(=O)c2ccc(S(=O)(=O)N3CCCCC3)cc2)cc(OC)c1OC. The molecule has 35 heavy (non-hydrogen) atoms. The van der Waals surface area contributed by atoms with Crippen LogP contribution in [0.25, 0.3) is 6.08 Å². The molecule has 2 aromatic carbocycles. The quantitative estimate of drug-likeness (QED) is 0.276. The number of nitrogens with zero attached hydrogens (tertiary/aromatic N) is 1. The average molecular weight is 504 g/mol. The van der Waals surface area contributed by atoms with Crippen LogP contribution in [0.4, 0.5) is 0 Å². The highest BCUT2D eigenvalue weighted by Crippen LogP contribution is 2.38. The van der Waals surface area contributed by atoms with Gasteiger partial charge in [0.25, 0.3) is 0 Å². The number of rotatable bonds is 10. The molecule has 0 unspecified atom stereocenters. The Labute approximate surface area is 205 Å². The van der Waals surface area contributed by atoms with Gasteiger partial charge in [-0.15, -0.1) is 0 Å². The zero-order chi connectivity index (χ0) is 25.4. The molecular weight excluding hydrogens is 474 g/mol. The van der Waals surface area contributed by atoms with Crippen LogP contribution in [0.15, 0.2) is 47.4 Å². The van der Waals surface area contributed by atoms with Crippen LogP contribution in [0.2, 0.25) is 0 Å². The highest BCUT2D eigenvalue weighted by Gasteiger charge is 2.26. The minimum Gasteiger partial charge on any atom is -0.493 e. The minimum absolute atomic E-state index is 0.140. The number of carbonyl (C=O) groups excluding carboxylic acids is 2. The number of ether oxygens (including phenoxy) is 4. The molecule has 0 amide bonds. The van der Waals surface area contributed by atoms with E-state index in [-0.39, 0.29) is 10.5 Å². The number of benzene rings is 2. The summed E-state index contributed by atoms with van der Waals surface area (Å²) in [6.45, 7) is 0.530. The van der Waals surface area contributed by atoms with E-state index in [4.69, 9.17) is 18.9 Å². The van der Waals surface area contributed by atoms with E-state index in [1.54, 1.807) is 12.1 Å². The fourth-order valence-electron chi connectivity index (χ4n) is 3.70. The molecule has 10 heteroatoms. The fraction of sp³-hybridized carbons (Fsp3) is 0.360. The Hall–Kier alpha value is -3.37. The van der Waals surface area contributed by atoms with Crippen molar-refractivity contribution in [1.82, 2.24) is 4.31 Å². The maximum Gasteiger partial charge on any atom is 0.331 e. The Morgan fingerprint density at radius 2 is 1.51 bits per heavy atom. The van der Waals surface area contributed by atoms with Gasteiger partial charge in [0.05, 0.1) is 26.2 Å². The molecule has 1 aliphatic rings. The lowest BCUT2D eigenvalue weighted by molar-refractivity contribution is -0.136. The maximum absolute atomic E-state index is 12.7. The second-order valence-electron chi connectivity index (χ2n) is 7.81. The average Bonchev–Trinajstić information content (AvgIpc) is 2.90. The number of sulfonamides is 1. The van der Waals surface area contributed by atoms with Crippen LogP contribution in [0.5, 0.6) is 17.2 Å². The van der Waals surface area contributed by atoms with Gasteiger partial charge in [0, 0.05) is 24.7 Å². The molecule has 0 aliphatic carbocycles. The molecule has 2 aromatic rings. The van der Waals surface area contributed by atoms with Crippen molar-refractivity contribution in [3.8, 4) is 17.2 Å². The Kier molecular flexibility index (Phi) is 8.89. The van der Waals surface area contributed by atoms with Gasteiger partial charge in [0.2, 0.25) is 15.8 Å². The van der Waals surface area contributed by atoms with Gasteiger partial charge in [0.15, 0.2) is 23.9 Å². The predicted molar refractivity (Wildman–Crippen MR) is 129 cm³/mol. The first kappa shape index (κ1) is 26.2. The van der Waals surface area contributed by atoms with Gasteiger partial charge in [-0.25, -0.2) is 13.2 Å². The van der Waals surface area contributed by atoms with Gasteiger partial charge in [-0.2, -0.15) is 4.31 Å². The zero-order valence-electron chi connectivity index (χ0n) is 20.0. The number of piperidine rings is 1. The summed E-state index contributed by atoms with van der Waals surface area (Å²) in [5.74, 6) is 0.134. The lowest BCUT2D eigenvalue weighted by Crippen LogP contribution is -2.35. The summed E-state index contributed by atoms with van der Waals surface area (Å²) in [6, 6.07) is 9.00. The first-order chi connectivity index (χ1) is 16.8. The first-order valence-corrected chi connectivity index (χ1v) is 12.5. The van der Waals surface area contributed by atoms with Crippen molar-refractivity contribution in [1.29, 1.82) is 0 Å². The molecule has 1 aliphatic heterocycles. The molecule has 0 N–H and O–H groups in total. The van der Waals surface area contributed by atoms with Crippen molar-refractivity contribution in [2.75, 3.05) is 41.0 Å². The fourth-order valence-corrected chi connectivity index (χ4v) is 5.21. The Balaban J connectivity index is 1.59. The van der Waals surface area contributed by atoms with Crippen molar-refractivity contribution in [3.63, 3.8) is 0 Å². The Bertz CT molecular complexity index is 1160. The van der Waals surface area contributed by atoms with Crippen molar-refractivity contribution in [2.24, 2.45) is 0 Å². The van der Waals surface area contributed by atoms with Crippen LogP contribution in [-0.4, -0.2) is 65.5 Å². The third kappa shape index (κ3) is 6.40. The summed E-state index contributed by atoms with van der Waals surface area (Å²) < 4.78 is 47.8. The molecule has 0 bridgehead atoms. The molecular formula is C25H29NO8S. The minimum atomic E-state index is -3.58. The number of carbonyl (C=O) groups is 2. The van der Waals surface area contributed by atoms with Gasteiger partial charge >= 0.3 is 5.97 Å². The molecule has 9 nitrogen and oxygen atoms in total. The topological polar surface area (TPSA) is 108 Å². The lowest BCUT2D eigenvalue weighted by Gasteiger charge is -2.25. The van der Waals surface area contributed by atoms with Gasteiger partial charge in [-0.3, -0.25) is 4.79 Å². The zero-order valence-corrected chi connectivity index (χ0v) is 20.8. The maximum atomic E-state index is 12.7. The van der Waals surface area contributed by atoms with Gasteiger partial charge in [-0.1, -0.05) is 6.42 Å². The van der Waals surface area contributed by atoms with Crippen LogP contribution < -0.4 is 14.2 Å². The van der Waals surface area contributed by atoms with E-state index < -0.39 is 28.4 Å². The highest BCUT2D eigenvalue weighted by molar-refractivity contribution is 7.89. The molecule has 1 saturated heterocycles. The molecule has 0 atom stereocenters. The normalized spacial score (nSPS) is 14.5. The lowest BCUT2D eigenvalue weighted by atomic mass is 10.1. The van der Waals surface area contributed by atoms with E-state index in [2.05, 4.69) is 0 Å². The van der Waals surface area contributed by atoms with Crippen LogP contribution in [0.3, 0.4) is 0 Å². The molecule has 188 valence electrons. The molecule has 0 spiro atoms. The van der Waals surface area contributed by atoms with Gasteiger partial charge in [0.1, 0.15) is 0 Å². The van der Waals surface area contributed by atoms with Crippen molar-refractivity contribution in [3.05, 3.63) is 53.6 Å². The highest BCUT2D eigenvalue weighted by atomic mass is 32.2. The van der Waals surface area contributed by atoms with Gasteiger partial charge in [-0.05, 0) is 60.9 Å². The standard InChI is InChI=1S/C25H29NO8S/c1-31-22-15-18(16-23(32-2)25(22)33-3)7-12-24(28)34-17-21(27)19-8-10-20(11-9-19)35(29,30)26-13-5-4-6-14-26/h7-12,15-16H,4-6,13-14,17H2,1-3H3/b12-7+. The number of hydrogen-bond donors (Lipinski definition) is 0. The summed E-state index contributed by atoms with van der Waals surface area (Å²) >= 11 is 0. The van der Waals surface area contributed by atoms with E-state index in [1.807, 2.05) is 0 Å². The molecule has 0 radical (unpaired) electrons. The van der Waals surface area contributed by atoms with Crippen LogP contribution in [-0.2, 0) is 19.6 Å². The van der Waals surface area contributed by atoms with E-state index in [0.29, 0.717) is 35.9 Å². The Morgan fingerprint density at radius 1 is 0.914 bits per heavy atom. The number of Topliss-reactive ketones (excluding diaryl/α,β-unsaturated/α-hetero) is 1. The third-order valence-corrected chi connectivity index (χ3v) is 7.49. The summed E-state index contributed by atoms with van der Waals surface area (Å²) in [7, 11) is 0.888.